The summed E-state index contributed by atoms with van der Waals surface area (Å²) in [5.74, 6) is -0.0990. The van der Waals surface area contributed by atoms with E-state index in [0.717, 1.165) is 37.9 Å². The van der Waals surface area contributed by atoms with E-state index in [1.165, 1.54) is 22.4 Å². The van der Waals surface area contributed by atoms with E-state index in [9.17, 15) is 9.59 Å². The maximum Gasteiger partial charge on any atom is 0.237 e. The van der Waals surface area contributed by atoms with Crippen LogP contribution < -0.4 is 15.5 Å². The molecule has 3 aliphatic rings. The van der Waals surface area contributed by atoms with Crippen molar-refractivity contribution in [3.05, 3.63) is 64.7 Å². The minimum absolute atomic E-state index is 0.0297. The molecule has 6 heteroatoms. The van der Waals surface area contributed by atoms with Crippen LogP contribution in [0.5, 0.6) is 0 Å². The second-order valence-electron chi connectivity index (χ2n) is 8.99. The first kappa shape index (κ1) is 20.1. The number of carbonyl (C=O) groups is 2. The van der Waals surface area contributed by atoms with Gasteiger partial charge >= 0.3 is 0 Å². The highest BCUT2D eigenvalue weighted by molar-refractivity contribution is 5.88. The zero-order valence-corrected chi connectivity index (χ0v) is 18.1. The van der Waals surface area contributed by atoms with Crippen LogP contribution in [0, 0.1) is 0 Å². The number of fused-ring (bicyclic) bond motifs is 2. The molecule has 5 rings (SSSR count). The quantitative estimate of drug-likeness (QED) is 0.775. The van der Waals surface area contributed by atoms with Crippen LogP contribution in [0.2, 0.25) is 0 Å². The molecule has 1 aliphatic carbocycles. The molecule has 31 heavy (non-hydrogen) atoms. The summed E-state index contributed by atoms with van der Waals surface area (Å²) >= 11 is 0. The van der Waals surface area contributed by atoms with Crippen molar-refractivity contribution in [1.82, 2.24) is 15.5 Å². The molecule has 2 amide bonds. The van der Waals surface area contributed by atoms with E-state index in [1.54, 1.807) is 0 Å². The number of benzene rings is 2. The summed E-state index contributed by atoms with van der Waals surface area (Å²) in [7, 11) is 2.11. The largest absolute Gasteiger partial charge is 0.374 e. The van der Waals surface area contributed by atoms with Gasteiger partial charge in [-0.25, -0.2) is 0 Å². The number of likely N-dealkylation sites (N-methyl/N-ethyl adjacent to an activating group) is 1. The summed E-state index contributed by atoms with van der Waals surface area (Å²) in [6, 6.07) is 14.8. The molecule has 0 radical (unpaired) electrons. The van der Waals surface area contributed by atoms with Crippen molar-refractivity contribution in [2.75, 3.05) is 31.6 Å². The van der Waals surface area contributed by atoms with E-state index >= 15 is 0 Å². The lowest BCUT2D eigenvalue weighted by Crippen LogP contribution is -2.59. The van der Waals surface area contributed by atoms with Crippen LogP contribution in [-0.2, 0) is 35.4 Å². The lowest BCUT2D eigenvalue weighted by Gasteiger charge is -2.38. The maximum absolute atomic E-state index is 12.8. The van der Waals surface area contributed by atoms with Gasteiger partial charge in [-0.05, 0) is 47.6 Å². The second-order valence-corrected chi connectivity index (χ2v) is 8.99. The van der Waals surface area contributed by atoms with Gasteiger partial charge in [0, 0.05) is 45.0 Å². The van der Waals surface area contributed by atoms with Gasteiger partial charge in [0.2, 0.25) is 11.8 Å². The molecular formula is C25H30N4O2. The predicted molar refractivity (Wildman–Crippen MR) is 121 cm³/mol. The minimum atomic E-state index is -0.401. The Hall–Kier alpha value is -2.86. The molecule has 162 valence electrons. The standard InChI is InChI=1S/C25H30N4O2/c1-28-10-8-20-12-17(6-7-22(20)28)16-27-24(30)15-23-25(31)26-9-11-29(23)21-13-18-4-2-3-5-19(18)14-21/h2-7,12,21,23H,8-11,13-16H2,1H3,(H,26,31)(H,27,30)/t23-/m1/s1. The predicted octanol–water partition coefficient (Wildman–Crippen LogP) is 1.65. The highest BCUT2D eigenvalue weighted by Gasteiger charge is 2.38. The SMILES string of the molecule is CN1CCc2cc(CNC(=O)C[C@@H]3C(=O)NCCN3C3Cc4ccccc4C3)ccc21. The molecule has 1 atom stereocenters. The van der Waals surface area contributed by atoms with Gasteiger partial charge in [-0.2, -0.15) is 0 Å². The molecule has 2 N–H and O–H groups in total. The van der Waals surface area contributed by atoms with Crippen molar-refractivity contribution in [1.29, 1.82) is 0 Å². The average Bonchev–Trinajstić information content (AvgIpc) is 3.37. The molecule has 2 aliphatic heterocycles. The Bertz CT molecular complexity index is 980. The summed E-state index contributed by atoms with van der Waals surface area (Å²) in [6.45, 7) is 2.98. The zero-order chi connectivity index (χ0) is 21.4. The van der Waals surface area contributed by atoms with Gasteiger partial charge in [0.15, 0.2) is 0 Å². The number of amides is 2. The molecule has 0 saturated carbocycles. The number of nitrogens with zero attached hydrogens (tertiary/aromatic N) is 2. The third-order valence-corrected chi connectivity index (χ3v) is 7.01. The third-order valence-electron chi connectivity index (χ3n) is 7.01. The van der Waals surface area contributed by atoms with Crippen LogP contribution >= 0.6 is 0 Å². The van der Waals surface area contributed by atoms with Gasteiger partial charge in [0.05, 0.1) is 12.5 Å². The first-order chi connectivity index (χ1) is 15.1. The van der Waals surface area contributed by atoms with Gasteiger partial charge < -0.3 is 15.5 Å². The minimum Gasteiger partial charge on any atom is -0.374 e. The molecule has 2 heterocycles. The summed E-state index contributed by atoms with van der Waals surface area (Å²) < 4.78 is 0. The van der Waals surface area contributed by atoms with Crippen LogP contribution in [0.25, 0.3) is 0 Å². The van der Waals surface area contributed by atoms with Crippen molar-refractivity contribution in [2.24, 2.45) is 0 Å². The number of hydrogen-bond donors (Lipinski definition) is 2. The van der Waals surface area contributed by atoms with Crippen molar-refractivity contribution in [3.63, 3.8) is 0 Å². The Labute approximate surface area is 183 Å². The first-order valence-corrected chi connectivity index (χ1v) is 11.3. The molecule has 0 spiro atoms. The lowest BCUT2D eigenvalue weighted by molar-refractivity contribution is -0.135. The Kier molecular flexibility index (Phi) is 5.40. The molecule has 0 unspecified atom stereocenters. The number of carbonyl (C=O) groups excluding carboxylic acids is 2. The summed E-state index contributed by atoms with van der Waals surface area (Å²) in [6.07, 6.45) is 3.15. The monoisotopic (exact) mass is 418 g/mol. The van der Waals surface area contributed by atoms with Gasteiger partial charge in [-0.1, -0.05) is 36.4 Å². The second kappa shape index (κ2) is 8.35. The number of piperazine rings is 1. The summed E-state index contributed by atoms with van der Waals surface area (Å²) in [5, 5.41) is 5.99. The van der Waals surface area contributed by atoms with Crippen molar-refractivity contribution >= 4 is 17.5 Å². The smallest absolute Gasteiger partial charge is 0.237 e. The fraction of sp³-hybridized carbons (Fsp3) is 0.440. The molecule has 2 aromatic carbocycles. The first-order valence-electron chi connectivity index (χ1n) is 11.3. The molecule has 1 fully saturated rings. The fourth-order valence-electron chi connectivity index (χ4n) is 5.33. The number of nitrogens with one attached hydrogen (secondary N) is 2. The molecule has 0 bridgehead atoms. The van der Waals surface area contributed by atoms with Gasteiger partial charge in [-0.3, -0.25) is 14.5 Å². The summed E-state index contributed by atoms with van der Waals surface area (Å²) in [5.41, 5.74) is 6.46. The molecular weight excluding hydrogens is 388 g/mol. The maximum atomic E-state index is 12.8. The van der Waals surface area contributed by atoms with Crippen LogP contribution in [0.3, 0.4) is 0 Å². The van der Waals surface area contributed by atoms with Crippen LogP contribution in [0.4, 0.5) is 5.69 Å². The Morgan fingerprint density at radius 1 is 1.10 bits per heavy atom. The zero-order valence-electron chi connectivity index (χ0n) is 18.1. The number of hydrogen-bond acceptors (Lipinski definition) is 4. The van der Waals surface area contributed by atoms with E-state index in [4.69, 9.17) is 0 Å². The van der Waals surface area contributed by atoms with E-state index in [0.29, 0.717) is 13.1 Å². The van der Waals surface area contributed by atoms with Gasteiger partial charge in [0.1, 0.15) is 0 Å². The molecule has 0 aromatic heterocycles. The van der Waals surface area contributed by atoms with Crippen LogP contribution in [0.15, 0.2) is 42.5 Å². The molecule has 2 aromatic rings. The van der Waals surface area contributed by atoms with Crippen LogP contribution in [0.1, 0.15) is 28.7 Å². The Morgan fingerprint density at radius 3 is 2.65 bits per heavy atom. The van der Waals surface area contributed by atoms with Gasteiger partial charge in [0.25, 0.3) is 0 Å². The van der Waals surface area contributed by atoms with Gasteiger partial charge in [-0.15, -0.1) is 0 Å². The fourth-order valence-corrected chi connectivity index (χ4v) is 5.33. The third kappa shape index (κ3) is 4.04. The molecule has 6 nitrogen and oxygen atoms in total. The van der Waals surface area contributed by atoms with E-state index in [1.807, 2.05) is 0 Å². The van der Waals surface area contributed by atoms with Crippen molar-refractivity contribution in [2.45, 2.75) is 44.3 Å². The van der Waals surface area contributed by atoms with Crippen LogP contribution in [-0.4, -0.2) is 55.5 Å². The Morgan fingerprint density at radius 2 is 1.87 bits per heavy atom. The number of anilines is 1. The average molecular weight is 419 g/mol. The highest BCUT2D eigenvalue weighted by atomic mass is 16.2. The van der Waals surface area contributed by atoms with E-state index in [-0.39, 0.29) is 24.3 Å². The topological polar surface area (TPSA) is 64.7 Å². The summed E-state index contributed by atoms with van der Waals surface area (Å²) in [4.78, 5) is 29.9. The number of rotatable bonds is 5. The highest BCUT2D eigenvalue weighted by Crippen LogP contribution is 2.29. The van der Waals surface area contributed by atoms with E-state index < -0.39 is 6.04 Å². The van der Waals surface area contributed by atoms with Crippen molar-refractivity contribution in [3.8, 4) is 0 Å². The molecule has 1 saturated heterocycles. The van der Waals surface area contributed by atoms with E-state index in [2.05, 4.69) is 69.9 Å². The Balaban J connectivity index is 1.21. The van der Waals surface area contributed by atoms with Crippen molar-refractivity contribution < 1.29 is 9.59 Å². The normalized spacial score (nSPS) is 21.0. The lowest BCUT2D eigenvalue weighted by atomic mass is 10.0.